The maximum atomic E-state index is 12.9. The standard InChI is InChI=1S/C20H12ClNO3S/c21-14-7-5-12(6-8-14)18(23)19-17(15-3-1-2-4-16(15)25-19)22-20(24)13-9-10-26-11-13/h1-11H,(H,22,24). The average molecular weight is 382 g/mol. The van der Waals surface area contributed by atoms with Crippen LogP contribution in [-0.2, 0) is 0 Å². The van der Waals surface area contributed by atoms with Crippen molar-refractivity contribution in [2.45, 2.75) is 0 Å². The van der Waals surface area contributed by atoms with Gasteiger partial charge in [-0.05, 0) is 47.8 Å². The summed E-state index contributed by atoms with van der Waals surface area (Å²) in [7, 11) is 0. The van der Waals surface area contributed by atoms with E-state index < -0.39 is 0 Å². The number of thiophene rings is 1. The fraction of sp³-hybridized carbons (Fsp3) is 0. The molecule has 2 aromatic carbocycles. The van der Waals surface area contributed by atoms with Crippen molar-refractivity contribution >= 4 is 51.3 Å². The SMILES string of the molecule is O=C(Nc1c(C(=O)c2ccc(Cl)cc2)oc2ccccc12)c1ccsc1. The third kappa shape index (κ3) is 3.03. The van der Waals surface area contributed by atoms with Crippen LogP contribution in [0.4, 0.5) is 5.69 Å². The van der Waals surface area contributed by atoms with Gasteiger partial charge in [-0.15, -0.1) is 0 Å². The van der Waals surface area contributed by atoms with Gasteiger partial charge in [0, 0.05) is 21.4 Å². The van der Waals surface area contributed by atoms with Crippen molar-refractivity contribution in [2.24, 2.45) is 0 Å². The van der Waals surface area contributed by atoms with Gasteiger partial charge in [0.1, 0.15) is 5.58 Å². The highest BCUT2D eigenvalue weighted by Crippen LogP contribution is 2.33. The molecule has 0 radical (unpaired) electrons. The van der Waals surface area contributed by atoms with Crippen LogP contribution < -0.4 is 5.32 Å². The molecule has 2 heterocycles. The summed E-state index contributed by atoms with van der Waals surface area (Å²) in [5.41, 5.74) is 1.87. The molecule has 0 bridgehead atoms. The number of nitrogens with one attached hydrogen (secondary N) is 1. The predicted molar refractivity (Wildman–Crippen MR) is 103 cm³/mol. The lowest BCUT2D eigenvalue weighted by Crippen LogP contribution is -2.13. The molecule has 0 atom stereocenters. The van der Waals surface area contributed by atoms with Crippen molar-refractivity contribution in [3.8, 4) is 0 Å². The van der Waals surface area contributed by atoms with E-state index in [0.29, 0.717) is 32.8 Å². The number of amides is 1. The number of furan rings is 1. The van der Waals surface area contributed by atoms with Gasteiger partial charge in [0.25, 0.3) is 5.91 Å². The molecule has 1 amide bonds. The number of hydrogen-bond acceptors (Lipinski definition) is 4. The molecule has 0 spiro atoms. The van der Waals surface area contributed by atoms with Crippen molar-refractivity contribution in [3.05, 3.63) is 87.3 Å². The van der Waals surface area contributed by atoms with Crippen molar-refractivity contribution in [3.63, 3.8) is 0 Å². The summed E-state index contributed by atoms with van der Waals surface area (Å²) in [6.07, 6.45) is 0. The maximum Gasteiger partial charge on any atom is 0.256 e. The summed E-state index contributed by atoms with van der Waals surface area (Å²) >= 11 is 7.32. The summed E-state index contributed by atoms with van der Waals surface area (Å²) < 4.78 is 5.77. The Morgan fingerprint density at radius 3 is 2.46 bits per heavy atom. The summed E-state index contributed by atoms with van der Waals surface area (Å²) in [6, 6.07) is 15.5. The largest absolute Gasteiger partial charge is 0.450 e. The number of halogens is 1. The zero-order valence-electron chi connectivity index (χ0n) is 13.4. The second-order valence-corrected chi connectivity index (χ2v) is 6.82. The lowest BCUT2D eigenvalue weighted by atomic mass is 10.1. The highest BCUT2D eigenvalue weighted by Gasteiger charge is 2.23. The Balaban J connectivity index is 1.80. The van der Waals surface area contributed by atoms with Gasteiger partial charge in [-0.2, -0.15) is 11.3 Å². The van der Waals surface area contributed by atoms with E-state index in [4.69, 9.17) is 16.0 Å². The zero-order chi connectivity index (χ0) is 18.1. The molecule has 26 heavy (non-hydrogen) atoms. The number of carbonyl (C=O) groups is 2. The van der Waals surface area contributed by atoms with Crippen LogP contribution in [0, 0.1) is 0 Å². The normalized spacial score (nSPS) is 10.8. The molecule has 128 valence electrons. The number of benzene rings is 2. The van der Waals surface area contributed by atoms with E-state index in [0.717, 1.165) is 0 Å². The summed E-state index contributed by atoms with van der Waals surface area (Å²) in [4.78, 5) is 25.4. The van der Waals surface area contributed by atoms with Gasteiger partial charge in [0.05, 0.1) is 11.3 Å². The molecule has 2 aromatic heterocycles. The summed E-state index contributed by atoms with van der Waals surface area (Å²) in [5, 5.41) is 7.61. The topological polar surface area (TPSA) is 59.3 Å². The molecule has 6 heteroatoms. The Bertz CT molecular complexity index is 1100. The number of rotatable bonds is 4. The van der Waals surface area contributed by atoms with Crippen LogP contribution in [0.25, 0.3) is 11.0 Å². The van der Waals surface area contributed by atoms with Gasteiger partial charge in [-0.1, -0.05) is 23.7 Å². The lowest BCUT2D eigenvalue weighted by Gasteiger charge is -2.05. The first kappa shape index (κ1) is 16.6. The number of para-hydroxylation sites is 1. The molecule has 4 nitrogen and oxygen atoms in total. The molecule has 4 aromatic rings. The number of ketones is 1. The Labute approximate surface area is 158 Å². The van der Waals surface area contributed by atoms with Crippen molar-refractivity contribution < 1.29 is 14.0 Å². The zero-order valence-corrected chi connectivity index (χ0v) is 14.9. The van der Waals surface area contributed by atoms with Gasteiger partial charge in [-0.25, -0.2) is 0 Å². The highest BCUT2D eigenvalue weighted by molar-refractivity contribution is 7.08. The molecule has 0 aliphatic rings. The van der Waals surface area contributed by atoms with E-state index in [1.165, 1.54) is 11.3 Å². The molecule has 0 fully saturated rings. The molecule has 0 unspecified atom stereocenters. The third-order valence-corrected chi connectivity index (χ3v) is 4.87. The molecule has 0 saturated carbocycles. The predicted octanol–water partition coefficient (Wildman–Crippen LogP) is 5.63. The molecular formula is C20H12ClNO3S. The first-order chi connectivity index (χ1) is 12.6. The van der Waals surface area contributed by atoms with E-state index in [1.807, 2.05) is 17.5 Å². The quantitative estimate of drug-likeness (QED) is 0.466. The number of carbonyl (C=O) groups excluding carboxylic acids is 2. The highest BCUT2D eigenvalue weighted by atomic mass is 35.5. The van der Waals surface area contributed by atoms with E-state index >= 15 is 0 Å². The van der Waals surface area contributed by atoms with Gasteiger partial charge in [-0.3, -0.25) is 9.59 Å². The smallest absolute Gasteiger partial charge is 0.256 e. The fourth-order valence-corrected chi connectivity index (χ4v) is 3.40. The molecular weight excluding hydrogens is 370 g/mol. The Hall–Kier alpha value is -2.89. The van der Waals surface area contributed by atoms with Crippen LogP contribution >= 0.6 is 22.9 Å². The minimum Gasteiger partial charge on any atom is -0.450 e. The molecule has 0 aliphatic heterocycles. The number of anilines is 1. The Morgan fingerprint density at radius 2 is 1.73 bits per heavy atom. The molecule has 1 N–H and O–H groups in total. The van der Waals surface area contributed by atoms with Crippen molar-refractivity contribution in [1.29, 1.82) is 0 Å². The number of fused-ring (bicyclic) bond motifs is 1. The number of hydrogen-bond donors (Lipinski definition) is 1. The second-order valence-electron chi connectivity index (χ2n) is 5.60. The molecule has 0 saturated heterocycles. The molecule has 4 rings (SSSR count). The average Bonchev–Trinajstić information content (AvgIpc) is 3.30. The van der Waals surface area contributed by atoms with Crippen LogP contribution in [0.3, 0.4) is 0 Å². The minimum absolute atomic E-state index is 0.0945. The first-order valence-corrected chi connectivity index (χ1v) is 9.11. The third-order valence-electron chi connectivity index (χ3n) is 3.93. The minimum atomic E-state index is -0.321. The Morgan fingerprint density at radius 1 is 0.962 bits per heavy atom. The van der Waals surface area contributed by atoms with Gasteiger partial charge in [0.2, 0.25) is 5.78 Å². The van der Waals surface area contributed by atoms with Gasteiger partial charge < -0.3 is 9.73 Å². The fourth-order valence-electron chi connectivity index (χ4n) is 2.64. The van der Waals surface area contributed by atoms with E-state index in [-0.39, 0.29) is 17.5 Å². The van der Waals surface area contributed by atoms with Crippen LogP contribution in [0.2, 0.25) is 5.02 Å². The van der Waals surface area contributed by atoms with E-state index in [9.17, 15) is 9.59 Å². The van der Waals surface area contributed by atoms with Crippen LogP contribution in [0.15, 0.2) is 69.8 Å². The maximum absolute atomic E-state index is 12.9. The van der Waals surface area contributed by atoms with Gasteiger partial charge in [0.15, 0.2) is 5.76 Å². The summed E-state index contributed by atoms with van der Waals surface area (Å²) in [5.74, 6) is -0.515. The monoisotopic (exact) mass is 381 g/mol. The van der Waals surface area contributed by atoms with Crippen LogP contribution in [-0.4, -0.2) is 11.7 Å². The van der Waals surface area contributed by atoms with Crippen LogP contribution in [0.1, 0.15) is 26.5 Å². The summed E-state index contributed by atoms with van der Waals surface area (Å²) in [6.45, 7) is 0. The van der Waals surface area contributed by atoms with E-state index in [2.05, 4.69) is 5.32 Å². The lowest BCUT2D eigenvalue weighted by molar-refractivity contribution is 0.101. The van der Waals surface area contributed by atoms with E-state index in [1.54, 1.807) is 47.8 Å². The second kappa shape index (κ2) is 6.78. The van der Waals surface area contributed by atoms with Crippen molar-refractivity contribution in [1.82, 2.24) is 0 Å². The van der Waals surface area contributed by atoms with Crippen LogP contribution in [0.5, 0.6) is 0 Å². The Kier molecular flexibility index (Phi) is 4.32. The first-order valence-electron chi connectivity index (χ1n) is 7.79. The van der Waals surface area contributed by atoms with Crippen molar-refractivity contribution in [2.75, 3.05) is 5.32 Å². The molecule has 0 aliphatic carbocycles. The van der Waals surface area contributed by atoms with Gasteiger partial charge >= 0.3 is 0 Å².